The first kappa shape index (κ1) is 20.2. The summed E-state index contributed by atoms with van der Waals surface area (Å²) < 4.78 is 0. The summed E-state index contributed by atoms with van der Waals surface area (Å²) in [6, 6.07) is 11.6. The van der Waals surface area contributed by atoms with E-state index in [1.165, 1.54) is 6.07 Å². The lowest BCUT2D eigenvalue weighted by atomic mass is 10.2. The number of hydrogen-bond donors (Lipinski definition) is 3. The van der Waals surface area contributed by atoms with Crippen LogP contribution in [-0.2, 0) is 4.79 Å². The largest absolute Gasteiger partial charge is 0.332 e. The van der Waals surface area contributed by atoms with Crippen LogP contribution in [0.4, 0.5) is 11.4 Å². The fourth-order valence-corrected chi connectivity index (χ4v) is 2.68. The minimum Gasteiger partial charge on any atom is -0.332 e. The van der Waals surface area contributed by atoms with E-state index < -0.39 is 0 Å². The Hall–Kier alpha value is -2.15. The van der Waals surface area contributed by atoms with Gasteiger partial charge in [-0.05, 0) is 48.6 Å². The van der Waals surface area contributed by atoms with E-state index in [9.17, 15) is 9.59 Å². The number of carbonyl (C=O) groups excluding carboxylic acids is 2. The van der Waals surface area contributed by atoms with E-state index in [-0.39, 0.29) is 27.9 Å². The van der Waals surface area contributed by atoms with Crippen LogP contribution in [0, 0.1) is 5.92 Å². The van der Waals surface area contributed by atoms with Gasteiger partial charge < -0.3 is 16.0 Å². The number of thiocarbonyl (C=S) groups is 1. The summed E-state index contributed by atoms with van der Waals surface area (Å²) in [6.07, 6.45) is 0. The number of anilines is 2. The fraction of sp³-hybridized carbons (Fsp3) is 0.167. The highest BCUT2D eigenvalue weighted by molar-refractivity contribution is 7.80. The van der Waals surface area contributed by atoms with Gasteiger partial charge in [0.1, 0.15) is 0 Å². The van der Waals surface area contributed by atoms with Crippen LogP contribution in [-0.4, -0.2) is 16.9 Å². The maximum atomic E-state index is 12.4. The molecule has 136 valence electrons. The van der Waals surface area contributed by atoms with Crippen molar-refractivity contribution in [2.75, 3.05) is 10.6 Å². The molecule has 0 radical (unpaired) electrons. The molecule has 0 aromatic heterocycles. The summed E-state index contributed by atoms with van der Waals surface area (Å²) in [7, 11) is 0. The number of hydrogen-bond acceptors (Lipinski definition) is 3. The second kappa shape index (κ2) is 8.98. The number of rotatable bonds is 4. The van der Waals surface area contributed by atoms with Crippen LogP contribution >= 0.6 is 35.4 Å². The molecule has 2 rings (SSSR count). The molecule has 0 atom stereocenters. The van der Waals surface area contributed by atoms with Crippen molar-refractivity contribution in [3.63, 3.8) is 0 Å². The minimum atomic E-state index is -0.362. The molecular weight excluding hydrogens is 393 g/mol. The molecule has 2 amide bonds. The lowest BCUT2D eigenvalue weighted by Crippen LogP contribution is -2.36. The topological polar surface area (TPSA) is 70.2 Å². The van der Waals surface area contributed by atoms with Gasteiger partial charge in [0.15, 0.2) is 5.11 Å². The highest BCUT2D eigenvalue weighted by Gasteiger charge is 2.12. The second-order valence-electron chi connectivity index (χ2n) is 5.76. The Morgan fingerprint density at radius 3 is 2.27 bits per heavy atom. The predicted molar refractivity (Wildman–Crippen MR) is 110 cm³/mol. The SMILES string of the molecule is CC(C)C(=O)NC(=S)Nc1cccc(NC(=O)c2ccc(Cl)cc2Cl)c1. The molecule has 2 aromatic rings. The first-order valence-electron chi connectivity index (χ1n) is 7.74. The van der Waals surface area contributed by atoms with Crippen LogP contribution in [0.15, 0.2) is 42.5 Å². The van der Waals surface area contributed by atoms with Crippen molar-refractivity contribution >= 4 is 63.7 Å². The normalized spacial score (nSPS) is 10.3. The van der Waals surface area contributed by atoms with Crippen LogP contribution in [0.3, 0.4) is 0 Å². The van der Waals surface area contributed by atoms with Gasteiger partial charge in [0.05, 0.1) is 10.6 Å². The molecule has 2 aromatic carbocycles. The van der Waals surface area contributed by atoms with Gasteiger partial charge in [-0.2, -0.15) is 0 Å². The Morgan fingerprint density at radius 2 is 1.65 bits per heavy atom. The number of amides is 2. The first-order valence-corrected chi connectivity index (χ1v) is 8.91. The Labute approximate surface area is 167 Å². The molecule has 0 fully saturated rings. The van der Waals surface area contributed by atoms with Gasteiger partial charge in [-0.3, -0.25) is 9.59 Å². The zero-order chi connectivity index (χ0) is 19.3. The minimum absolute atomic E-state index is 0.176. The molecule has 3 N–H and O–H groups in total. The molecule has 0 saturated heterocycles. The van der Waals surface area contributed by atoms with Crippen molar-refractivity contribution in [2.45, 2.75) is 13.8 Å². The Balaban J connectivity index is 2.05. The second-order valence-corrected chi connectivity index (χ2v) is 7.01. The van der Waals surface area contributed by atoms with Crippen LogP contribution in [0.25, 0.3) is 0 Å². The average Bonchev–Trinajstić information content (AvgIpc) is 2.54. The number of nitrogens with one attached hydrogen (secondary N) is 3. The highest BCUT2D eigenvalue weighted by Crippen LogP contribution is 2.23. The molecule has 0 bridgehead atoms. The molecule has 0 unspecified atom stereocenters. The Bertz CT molecular complexity index is 856. The lowest BCUT2D eigenvalue weighted by Gasteiger charge is -2.12. The van der Waals surface area contributed by atoms with Crippen LogP contribution in [0.1, 0.15) is 24.2 Å². The standard InChI is InChI=1S/C18H17Cl2N3O2S/c1-10(2)16(24)23-18(26)22-13-5-3-4-12(9-13)21-17(25)14-7-6-11(19)8-15(14)20/h3-10H,1-2H3,(H,21,25)(H2,22,23,24,26). The van der Waals surface area contributed by atoms with Crippen LogP contribution in [0.5, 0.6) is 0 Å². The van der Waals surface area contributed by atoms with E-state index in [2.05, 4.69) is 16.0 Å². The molecule has 8 heteroatoms. The maximum Gasteiger partial charge on any atom is 0.257 e. The van der Waals surface area contributed by atoms with Gasteiger partial charge in [0, 0.05) is 22.3 Å². The van der Waals surface area contributed by atoms with Crippen molar-refractivity contribution < 1.29 is 9.59 Å². The summed E-state index contributed by atoms with van der Waals surface area (Å²) >= 11 is 17.0. The van der Waals surface area contributed by atoms with Gasteiger partial charge in [0.2, 0.25) is 5.91 Å². The third kappa shape index (κ3) is 5.69. The zero-order valence-corrected chi connectivity index (χ0v) is 16.4. The van der Waals surface area contributed by atoms with E-state index >= 15 is 0 Å². The zero-order valence-electron chi connectivity index (χ0n) is 14.1. The molecule has 26 heavy (non-hydrogen) atoms. The third-order valence-corrected chi connectivity index (χ3v) is 4.07. The van der Waals surface area contributed by atoms with E-state index in [4.69, 9.17) is 35.4 Å². The summed E-state index contributed by atoms with van der Waals surface area (Å²) in [5.41, 5.74) is 1.48. The summed E-state index contributed by atoms with van der Waals surface area (Å²) in [4.78, 5) is 24.0. The average molecular weight is 410 g/mol. The quantitative estimate of drug-likeness (QED) is 0.639. The van der Waals surface area contributed by atoms with E-state index in [1.807, 2.05) is 0 Å². The smallest absolute Gasteiger partial charge is 0.257 e. The molecule has 0 heterocycles. The van der Waals surface area contributed by atoms with E-state index in [1.54, 1.807) is 50.2 Å². The van der Waals surface area contributed by atoms with Crippen molar-refractivity contribution in [3.05, 3.63) is 58.1 Å². The summed E-state index contributed by atoms with van der Waals surface area (Å²) in [6.45, 7) is 3.55. The summed E-state index contributed by atoms with van der Waals surface area (Å²) in [5.74, 6) is -0.715. The number of carbonyl (C=O) groups is 2. The van der Waals surface area contributed by atoms with Crippen molar-refractivity contribution in [3.8, 4) is 0 Å². The molecule has 0 saturated carbocycles. The van der Waals surface area contributed by atoms with Gasteiger partial charge in [-0.15, -0.1) is 0 Å². The monoisotopic (exact) mass is 409 g/mol. The van der Waals surface area contributed by atoms with E-state index in [0.717, 1.165) is 0 Å². The number of halogens is 2. The van der Waals surface area contributed by atoms with E-state index in [0.29, 0.717) is 22.0 Å². The van der Waals surface area contributed by atoms with Gasteiger partial charge in [-0.25, -0.2) is 0 Å². The fourth-order valence-electron chi connectivity index (χ4n) is 1.97. The predicted octanol–water partition coefficient (Wildman–Crippen LogP) is 4.71. The lowest BCUT2D eigenvalue weighted by molar-refractivity contribution is -0.122. The maximum absolute atomic E-state index is 12.4. The van der Waals surface area contributed by atoms with Crippen LogP contribution < -0.4 is 16.0 Å². The number of benzene rings is 2. The third-order valence-electron chi connectivity index (χ3n) is 3.32. The van der Waals surface area contributed by atoms with Gasteiger partial charge in [-0.1, -0.05) is 43.1 Å². The van der Waals surface area contributed by atoms with Crippen molar-refractivity contribution in [1.82, 2.24) is 5.32 Å². The molecule has 0 spiro atoms. The first-order chi connectivity index (χ1) is 12.3. The molecule has 0 aliphatic carbocycles. The van der Waals surface area contributed by atoms with Gasteiger partial charge in [0.25, 0.3) is 5.91 Å². The van der Waals surface area contributed by atoms with Crippen molar-refractivity contribution in [2.24, 2.45) is 5.92 Å². The van der Waals surface area contributed by atoms with Crippen molar-refractivity contribution in [1.29, 1.82) is 0 Å². The van der Waals surface area contributed by atoms with Crippen LogP contribution in [0.2, 0.25) is 10.0 Å². The molecule has 0 aliphatic rings. The summed E-state index contributed by atoms with van der Waals surface area (Å²) in [5, 5.41) is 9.16. The Kier molecular flexibility index (Phi) is 6.97. The highest BCUT2D eigenvalue weighted by atomic mass is 35.5. The molecule has 0 aliphatic heterocycles. The van der Waals surface area contributed by atoms with Gasteiger partial charge >= 0.3 is 0 Å². The Morgan fingerprint density at radius 1 is 1.00 bits per heavy atom. The molecule has 5 nitrogen and oxygen atoms in total. The molecular formula is C18H17Cl2N3O2S.